The van der Waals surface area contributed by atoms with E-state index in [-0.39, 0.29) is 22.8 Å². The quantitative estimate of drug-likeness (QED) is 0.734. The van der Waals surface area contributed by atoms with E-state index in [1.54, 1.807) is 37.3 Å². The third-order valence-corrected chi connectivity index (χ3v) is 5.19. The molecule has 1 aliphatic rings. The predicted octanol–water partition coefficient (Wildman–Crippen LogP) is 1.80. The molecule has 1 amide bonds. The SMILES string of the molecule is CCOC(=O)C1=C(O)C(=O)N(c2ccc(S(N)(=O)=O)cc2)[C@@H]1c1ccccc1. The summed E-state index contributed by atoms with van der Waals surface area (Å²) in [7, 11) is -3.90. The highest BCUT2D eigenvalue weighted by molar-refractivity contribution is 7.89. The van der Waals surface area contributed by atoms with Crippen LogP contribution in [0.5, 0.6) is 0 Å². The summed E-state index contributed by atoms with van der Waals surface area (Å²) in [4.78, 5) is 26.3. The van der Waals surface area contributed by atoms with Crippen molar-refractivity contribution in [2.75, 3.05) is 11.5 Å². The fraction of sp³-hybridized carbons (Fsp3) is 0.158. The van der Waals surface area contributed by atoms with Crippen LogP contribution in [0.2, 0.25) is 0 Å². The molecule has 1 atom stereocenters. The number of ether oxygens (including phenoxy) is 1. The maximum absolute atomic E-state index is 12.8. The molecule has 0 fully saturated rings. The number of aliphatic hydroxyl groups excluding tert-OH is 1. The van der Waals surface area contributed by atoms with Gasteiger partial charge in [0.2, 0.25) is 10.0 Å². The van der Waals surface area contributed by atoms with Crippen molar-refractivity contribution in [3.63, 3.8) is 0 Å². The van der Waals surface area contributed by atoms with Crippen molar-refractivity contribution in [3.05, 3.63) is 71.5 Å². The number of anilines is 1. The lowest BCUT2D eigenvalue weighted by molar-refractivity contribution is -0.139. The number of amides is 1. The van der Waals surface area contributed by atoms with E-state index in [2.05, 4.69) is 0 Å². The number of carbonyl (C=O) groups is 2. The van der Waals surface area contributed by atoms with E-state index in [0.717, 1.165) is 0 Å². The molecular weight excluding hydrogens is 384 g/mol. The predicted molar refractivity (Wildman–Crippen MR) is 101 cm³/mol. The maximum Gasteiger partial charge on any atom is 0.340 e. The number of primary sulfonamides is 1. The standard InChI is InChI=1S/C19H18N2O6S/c1-2-27-19(24)15-16(12-6-4-3-5-7-12)21(18(23)17(15)22)13-8-10-14(11-9-13)28(20,25)26/h3-11,16,22H,2H2,1H3,(H2,20,25,26)/t16-/m1/s1. The largest absolute Gasteiger partial charge is 0.503 e. The Labute approximate surface area is 161 Å². The summed E-state index contributed by atoms with van der Waals surface area (Å²) in [6.45, 7) is 1.70. The van der Waals surface area contributed by atoms with Gasteiger partial charge in [0.1, 0.15) is 5.57 Å². The van der Waals surface area contributed by atoms with E-state index in [4.69, 9.17) is 9.88 Å². The number of rotatable bonds is 5. The summed E-state index contributed by atoms with van der Waals surface area (Å²) in [5.41, 5.74) is 0.698. The van der Waals surface area contributed by atoms with Crippen LogP contribution in [0.4, 0.5) is 5.69 Å². The number of hydrogen-bond acceptors (Lipinski definition) is 6. The van der Waals surface area contributed by atoms with E-state index >= 15 is 0 Å². The van der Waals surface area contributed by atoms with E-state index in [1.807, 2.05) is 0 Å². The lowest BCUT2D eigenvalue weighted by atomic mass is 9.99. The fourth-order valence-electron chi connectivity index (χ4n) is 3.04. The molecule has 1 aliphatic heterocycles. The molecule has 28 heavy (non-hydrogen) atoms. The molecule has 0 spiro atoms. The number of nitrogens with zero attached hydrogens (tertiary/aromatic N) is 1. The lowest BCUT2D eigenvalue weighted by Gasteiger charge is -2.26. The number of aliphatic hydroxyl groups is 1. The molecule has 0 bridgehead atoms. The Balaban J connectivity index is 2.12. The molecule has 0 saturated carbocycles. The van der Waals surface area contributed by atoms with Crippen molar-refractivity contribution >= 4 is 27.6 Å². The number of sulfonamides is 1. The molecule has 146 valence electrons. The normalized spacial score (nSPS) is 17.1. The van der Waals surface area contributed by atoms with Gasteiger partial charge in [-0.1, -0.05) is 30.3 Å². The van der Waals surface area contributed by atoms with Crippen molar-refractivity contribution in [2.24, 2.45) is 5.14 Å². The Morgan fingerprint density at radius 2 is 1.75 bits per heavy atom. The summed E-state index contributed by atoms with van der Waals surface area (Å²) in [6, 6.07) is 13.0. The topological polar surface area (TPSA) is 127 Å². The Kier molecular flexibility index (Phi) is 5.21. The fourth-order valence-corrected chi connectivity index (χ4v) is 3.55. The van der Waals surface area contributed by atoms with Crippen LogP contribution in [0.3, 0.4) is 0 Å². The second-order valence-corrected chi connectivity index (χ2v) is 7.57. The lowest BCUT2D eigenvalue weighted by Crippen LogP contribution is -2.31. The number of nitrogens with two attached hydrogens (primary N) is 1. The van der Waals surface area contributed by atoms with Crippen LogP contribution in [0.1, 0.15) is 18.5 Å². The Bertz CT molecular complexity index is 1050. The van der Waals surface area contributed by atoms with E-state index < -0.39 is 33.7 Å². The van der Waals surface area contributed by atoms with Crippen molar-refractivity contribution in [2.45, 2.75) is 17.9 Å². The Morgan fingerprint density at radius 1 is 1.14 bits per heavy atom. The van der Waals surface area contributed by atoms with Crippen LogP contribution in [0.25, 0.3) is 0 Å². The second kappa shape index (κ2) is 7.45. The second-order valence-electron chi connectivity index (χ2n) is 6.01. The molecule has 0 unspecified atom stereocenters. The third-order valence-electron chi connectivity index (χ3n) is 4.26. The molecule has 0 aromatic heterocycles. The average Bonchev–Trinajstić information content (AvgIpc) is 2.93. The first-order chi connectivity index (χ1) is 13.3. The first-order valence-corrected chi connectivity index (χ1v) is 9.92. The van der Waals surface area contributed by atoms with Crippen molar-refractivity contribution in [1.82, 2.24) is 0 Å². The van der Waals surface area contributed by atoms with Gasteiger partial charge in [-0.25, -0.2) is 18.4 Å². The minimum atomic E-state index is -3.90. The molecule has 0 aliphatic carbocycles. The van der Waals surface area contributed by atoms with Gasteiger partial charge >= 0.3 is 5.97 Å². The van der Waals surface area contributed by atoms with E-state index in [9.17, 15) is 23.1 Å². The minimum Gasteiger partial charge on any atom is -0.503 e. The number of hydrogen-bond donors (Lipinski definition) is 2. The molecule has 3 N–H and O–H groups in total. The van der Waals surface area contributed by atoms with Crippen molar-refractivity contribution in [3.8, 4) is 0 Å². The van der Waals surface area contributed by atoms with Crippen molar-refractivity contribution in [1.29, 1.82) is 0 Å². The zero-order valence-corrected chi connectivity index (χ0v) is 15.7. The molecule has 0 saturated heterocycles. The summed E-state index contributed by atoms with van der Waals surface area (Å²) in [5.74, 6) is -2.30. The van der Waals surface area contributed by atoms with Gasteiger partial charge in [-0.3, -0.25) is 9.69 Å². The molecular formula is C19H18N2O6S. The van der Waals surface area contributed by atoms with Gasteiger partial charge in [0.25, 0.3) is 5.91 Å². The van der Waals surface area contributed by atoms with Crippen LogP contribution in [-0.2, 0) is 24.3 Å². The van der Waals surface area contributed by atoms with Gasteiger partial charge in [0, 0.05) is 5.69 Å². The summed E-state index contributed by atoms with van der Waals surface area (Å²) in [6.07, 6.45) is 0. The van der Waals surface area contributed by atoms with E-state index in [0.29, 0.717) is 5.56 Å². The van der Waals surface area contributed by atoms with Gasteiger partial charge in [-0.05, 0) is 36.8 Å². The monoisotopic (exact) mass is 402 g/mol. The smallest absolute Gasteiger partial charge is 0.340 e. The van der Waals surface area contributed by atoms with Crippen LogP contribution in [-0.4, -0.2) is 32.0 Å². The first-order valence-electron chi connectivity index (χ1n) is 8.37. The van der Waals surface area contributed by atoms with Crippen LogP contribution >= 0.6 is 0 Å². The van der Waals surface area contributed by atoms with Crippen LogP contribution in [0.15, 0.2) is 70.8 Å². The van der Waals surface area contributed by atoms with Crippen LogP contribution in [0, 0.1) is 0 Å². The van der Waals surface area contributed by atoms with Crippen LogP contribution < -0.4 is 10.0 Å². The summed E-state index contributed by atoms with van der Waals surface area (Å²) in [5, 5.41) is 15.5. The molecule has 2 aromatic rings. The number of esters is 1. The summed E-state index contributed by atoms with van der Waals surface area (Å²) < 4.78 is 28.0. The molecule has 3 rings (SSSR count). The number of benzene rings is 2. The van der Waals surface area contributed by atoms with Gasteiger partial charge < -0.3 is 9.84 Å². The molecule has 1 heterocycles. The Morgan fingerprint density at radius 3 is 2.29 bits per heavy atom. The minimum absolute atomic E-state index is 0.0777. The average molecular weight is 402 g/mol. The van der Waals surface area contributed by atoms with Gasteiger partial charge in [-0.15, -0.1) is 0 Å². The highest BCUT2D eigenvalue weighted by atomic mass is 32.2. The van der Waals surface area contributed by atoms with Crippen molar-refractivity contribution < 1.29 is 27.9 Å². The molecule has 2 aromatic carbocycles. The van der Waals surface area contributed by atoms with Gasteiger partial charge in [0.05, 0.1) is 17.5 Å². The molecule has 8 nitrogen and oxygen atoms in total. The van der Waals surface area contributed by atoms with Gasteiger partial charge in [0.15, 0.2) is 5.76 Å². The Hall–Kier alpha value is -3.17. The zero-order valence-electron chi connectivity index (χ0n) is 14.9. The zero-order chi connectivity index (χ0) is 20.5. The number of carbonyl (C=O) groups excluding carboxylic acids is 2. The highest BCUT2D eigenvalue weighted by Crippen LogP contribution is 2.41. The third kappa shape index (κ3) is 3.49. The van der Waals surface area contributed by atoms with E-state index in [1.165, 1.54) is 29.2 Å². The molecule has 9 heteroatoms. The summed E-state index contributed by atoms with van der Waals surface area (Å²) >= 11 is 0. The maximum atomic E-state index is 12.8. The first kappa shape index (κ1) is 19.6. The molecule has 0 radical (unpaired) electrons. The highest BCUT2D eigenvalue weighted by Gasteiger charge is 2.45. The van der Waals surface area contributed by atoms with Gasteiger partial charge in [-0.2, -0.15) is 0 Å².